The first kappa shape index (κ1) is 15.1. The van der Waals surface area contributed by atoms with Crippen LogP contribution in [0.25, 0.3) is 0 Å². The van der Waals surface area contributed by atoms with E-state index in [0.29, 0.717) is 5.92 Å². The number of aromatic nitrogens is 2. The fraction of sp³-hybridized carbons (Fsp3) is 0.733. The standard InChI is InChI=1S/C8H16O.C7H10N2/c1-7(2)8-4-3-5-9-6-8;1-6(2)7-8-4-3-5-9-7/h7-8H,3-6H2,1-2H3;3-6H,1-2H3. The molecule has 1 saturated heterocycles. The van der Waals surface area contributed by atoms with Crippen molar-refractivity contribution in [3.05, 3.63) is 24.3 Å². The molecule has 0 amide bonds. The Labute approximate surface area is 111 Å². The number of hydrogen-bond acceptors (Lipinski definition) is 3. The van der Waals surface area contributed by atoms with Gasteiger partial charge in [0.2, 0.25) is 0 Å². The van der Waals surface area contributed by atoms with Crippen LogP contribution in [0.15, 0.2) is 18.5 Å². The third kappa shape index (κ3) is 5.58. The van der Waals surface area contributed by atoms with Crippen LogP contribution in [-0.2, 0) is 4.74 Å². The Balaban J connectivity index is 0.000000180. The zero-order valence-corrected chi connectivity index (χ0v) is 12.1. The average Bonchev–Trinajstić information content (AvgIpc) is 2.41. The SMILES string of the molecule is CC(C)C1CCCOC1.CC(C)c1ncccn1. The fourth-order valence-corrected chi connectivity index (χ4v) is 1.90. The van der Waals surface area contributed by atoms with E-state index in [-0.39, 0.29) is 0 Å². The first-order valence-corrected chi connectivity index (χ1v) is 6.96. The van der Waals surface area contributed by atoms with Crippen LogP contribution < -0.4 is 0 Å². The van der Waals surface area contributed by atoms with Crippen LogP contribution in [-0.4, -0.2) is 23.2 Å². The van der Waals surface area contributed by atoms with Crippen molar-refractivity contribution in [1.82, 2.24) is 9.97 Å². The highest BCUT2D eigenvalue weighted by atomic mass is 16.5. The van der Waals surface area contributed by atoms with Gasteiger partial charge in [-0.3, -0.25) is 0 Å². The van der Waals surface area contributed by atoms with Gasteiger partial charge in [-0.15, -0.1) is 0 Å². The van der Waals surface area contributed by atoms with Crippen molar-refractivity contribution in [2.24, 2.45) is 11.8 Å². The van der Waals surface area contributed by atoms with Crippen molar-refractivity contribution in [3.8, 4) is 0 Å². The molecular weight excluding hydrogens is 224 g/mol. The van der Waals surface area contributed by atoms with Gasteiger partial charge in [-0.1, -0.05) is 27.7 Å². The van der Waals surface area contributed by atoms with Gasteiger partial charge in [0.05, 0.1) is 0 Å². The van der Waals surface area contributed by atoms with Gasteiger partial charge in [0.25, 0.3) is 0 Å². The second-order valence-corrected chi connectivity index (χ2v) is 5.48. The number of hydrogen-bond donors (Lipinski definition) is 0. The molecule has 0 saturated carbocycles. The minimum Gasteiger partial charge on any atom is -0.381 e. The maximum atomic E-state index is 5.34. The topological polar surface area (TPSA) is 35.0 Å². The second kappa shape index (κ2) is 8.20. The summed E-state index contributed by atoms with van der Waals surface area (Å²) in [7, 11) is 0. The molecule has 1 aliphatic heterocycles. The zero-order valence-electron chi connectivity index (χ0n) is 12.1. The highest BCUT2D eigenvalue weighted by Gasteiger charge is 2.16. The van der Waals surface area contributed by atoms with Crippen molar-refractivity contribution in [1.29, 1.82) is 0 Å². The molecule has 102 valence electrons. The van der Waals surface area contributed by atoms with Crippen LogP contribution in [0.1, 0.15) is 52.3 Å². The van der Waals surface area contributed by atoms with E-state index in [1.807, 2.05) is 6.07 Å². The van der Waals surface area contributed by atoms with Gasteiger partial charge in [-0.2, -0.15) is 0 Å². The first-order valence-electron chi connectivity index (χ1n) is 6.96. The molecule has 1 unspecified atom stereocenters. The molecule has 2 heterocycles. The molecule has 1 fully saturated rings. The highest BCUT2D eigenvalue weighted by Crippen LogP contribution is 2.20. The van der Waals surface area contributed by atoms with Crippen LogP contribution in [0, 0.1) is 11.8 Å². The highest BCUT2D eigenvalue weighted by molar-refractivity contribution is 4.92. The molecule has 0 N–H and O–H groups in total. The quantitative estimate of drug-likeness (QED) is 0.803. The molecule has 0 radical (unpaired) electrons. The lowest BCUT2D eigenvalue weighted by Crippen LogP contribution is -2.21. The van der Waals surface area contributed by atoms with Gasteiger partial charge >= 0.3 is 0 Å². The zero-order chi connectivity index (χ0) is 13.4. The summed E-state index contributed by atoms with van der Waals surface area (Å²) in [5.74, 6) is 2.99. The first-order chi connectivity index (χ1) is 8.61. The second-order valence-electron chi connectivity index (χ2n) is 5.48. The predicted octanol–water partition coefficient (Wildman–Crippen LogP) is 3.67. The Morgan fingerprint density at radius 3 is 2.17 bits per heavy atom. The summed E-state index contributed by atoms with van der Waals surface area (Å²) < 4.78 is 5.34. The lowest BCUT2D eigenvalue weighted by atomic mass is 9.91. The van der Waals surface area contributed by atoms with E-state index >= 15 is 0 Å². The van der Waals surface area contributed by atoms with Gasteiger partial charge in [-0.25, -0.2) is 9.97 Å². The van der Waals surface area contributed by atoms with Gasteiger partial charge in [-0.05, 0) is 30.7 Å². The Morgan fingerprint density at radius 2 is 1.83 bits per heavy atom. The van der Waals surface area contributed by atoms with Crippen molar-refractivity contribution < 1.29 is 4.74 Å². The third-order valence-corrected chi connectivity index (χ3v) is 3.24. The lowest BCUT2D eigenvalue weighted by molar-refractivity contribution is 0.0373. The number of rotatable bonds is 2. The monoisotopic (exact) mass is 250 g/mol. The van der Waals surface area contributed by atoms with E-state index in [1.165, 1.54) is 12.8 Å². The van der Waals surface area contributed by atoms with Gasteiger partial charge in [0.15, 0.2) is 0 Å². The molecule has 18 heavy (non-hydrogen) atoms. The summed E-state index contributed by atoms with van der Waals surface area (Å²) in [6.45, 7) is 10.7. The third-order valence-electron chi connectivity index (χ3n) is 3.24. The van der Waals surface area contributed by atoms with Gasteiger partial charge in [0, 0.05) is 31.5 Å². The van der Waals surface area contributed by atoms with Crippen LogP contribution in [0.2, 0.25) is 0 Å². The molecule has 1 aromatic rings. The van der Waals surface area contributed by atoms with Crippen LogP contribution >= 0.6 is 0 Å². The Bertz CT molecular complexity index is 306. The summed E-state index contributed by atoms with van der Waals surface area (Å²) in [6, 6.07) is 1.83. The molecule has 3 nitrogen and oxygen atoms in total. The van der Waals surface area contributed by atoms with E-state index in [1.54, 1.807) is 12.4 Å². The summed E-state index contributed by atoms with van der Waals surface area (Å²) in [5, 5.41) is 0. The Kier molecular flexibility index (Phi) is 6.88. The molecule has 1 aromatic heterocycles. The smallest absolute Gasteiger partial charge is 0.130 e. The van der Waals surface area contributed by atoms with Crippen molar-refractivity contribution in [2.45, 2.75) is 46.5 Å². The average molecular weight is 250 g/mol. The molecule has 0 spiro atoms. The number of ether oxygens (including phenoxy) is 1. The van der Waals surface area contributed by atoms with Crippen LogP contribution in [0.4, 0.5) is 0 Å². The largest absolute Gasteiger partial charge is 0.381 e. The van der Waals surface area contributed by atoms with Crippen LogP contribution in [0.5, 0.6) is 0 Å². The molecule has 1 aliphatic rings. The summed E-state index contributed by atoms with van der Waals surface area (Å²) in [5.41, 5.74) is 0. The fourth-order valence-electron chi connectivity index (χ4n) is 1.90. The molecule has 1 atom stereocenters. The van der Waals surface area contributed by atoms with E-state index < -0.39 is 0 Å². The molecular formula is C15H26N2O. The van der Waals surface area contributed by atoms with E-state index in [2.05, 4.69) is 37.7 Å². The Morgan fingerprint density at radius 1 is 1.17 bits per heavy atom. The molecule has 0 aliphatic carbocycles. The summed E-state index contributed by atoms with van der Waals surface area (Å²) >= 11 is 0. The normalized spacial score (nSPS) is 19.6. The van der Waals surface area contributed by atoms with Crippen molar-refractivity contribution in [2.75, 3.05) is 13.2 Å². The minimum absolute atomic E-state index is 0.436. The maximum absolute atomic E-state index is 5.34. The maximum Gasteiger partial charge on any atom is 0.130 e. The van der Waals surface area contributed by atoms with Crippen molar-refractivity contribution >= 4 is 0 Å². The molecule has 3 heteroatoms. The van der Waals surface area contributed by atoms with E-state index in [4.69, 9.17) is 4.74 Å². The van der Waals surface area contributed by atoms with Gasteiger partial charge < -0.3 is 4.74 Å². The minimum atomic E-state index is 0.436. The molecule has 2 rings (SSSR count). The van der Waals surface area contributed by atoms with E-state index in [9.17, 15) is 0 Å². The summed E-state index contributed by atoms with van der Waals surface area (Å²) in [6.07, 6.45) is 6.17. The number of nitrogens with zero attached hydrogens (tertiary/aromatic N) is 2. The summed E-state index contributed by atoms with van der Waals surface area (Å²) in [4.78, 5) is 8.13. The van der Waals surface area contributed by atoms with E-state index in [0.717, 1.165) is 30.9 Å². The molecule has 0 bridgehead atoms. The van der Waals surface area contributed by atoms with Crippen molar-refractivity contribution in [3.63, 3.8) is 0 Å². The predicted molar refractivity (Wildman–Crippen MR) is 74.5 cm³/mol. The Hall–Kier alpha value is -0.960. The lowest BCUT2D eigenvalue weighted by Gasteiger charge is -2.24. The van der Waals surface area contributed by atoms with Crippen LogP contribution in [0.3, 0.4) is 0 Å². The molecule has 0 aromatic carbocycles. The van der Waals surface area contributed by atoms with Gasteiger partial charge in [0.1, 0.15) is 5.82 Å².